The van der Waals surface area contributed by atoms with Gasteiger partial charge >= 0.3 is 0 Å². The Kier molecular flexibility index (Phi) is 6.99. The number of aromatic nitrogens is 2. The Hall–Kier alpha value is -3.32. The van der Waals surface area contributed by atoms with Gasteiger partial charge in [-0.15, -0.1) is 0 Å². The van der Waals surface area contributed by atoms with Crippen LogP contribution in [0, 0.1) is 5.82 Å². The van der Waals surface area contributed by atoms with Crippen molar-refractivity contribution in [2.24, 2.45) is 0 Å². The SMILES string of the molecule is COCC1CN(c2ccc(C(=O)Nc3n[nH]c4c3CN(S(=O)(=O)c3cccc(F)c3)C4)cc2)CCN1C. The molecule has 0 radical (unpaired) electrons. The van der Waals surface area contributed by atoms with Crippen LogP contribution in [0.4, 0.5) is 15.9 Å². The number of nitrogens with zero attached hydrogens (tertiary/aromatic N) is 4. The predicted molar refractivity (Wildman–Crippen MR) is 136 cm³/mol. The third kappa shape index (κ3) is 5.10. The number of rotatable bonds is 7. The normalized spacial score (nSPS) is 18.7. The smallest absolute Gasteiger partial charge is 0.256 e. The second-order valence-electron chi connectivity index (χ2n) is 9.30. The Balaban J connectivity index is 1.25. The topological polar surface area (TPSA) is 111 Å². The number of sulfonamides is 1. The number of hydrogen-bond acceptors (Lipinski definition) is 7. The number of carbonyl (C=O) groups excluding carboxylic acids is 1. The summed E-state index contributed by atoms with van der Waals surface area (Å²) in [5.41, 5.74) is 2.67. The molecule has 5 rings (SSSR count). The van der Waals surface area contributed by atoms with E-state index in [1.165, 1.54) is 22.5 Å². The van der Waals surface area contributed by atoms with E-state index in [-0.39, 0.29) is 29.7 Å². The van der Waals surface area contributed by atoms with Gasteiger partial charge in [0, 0.05) is 50.1 Å². The van der Waals surface area contributed by atoms with E-state index in [1.807, 2.05) is 12.1 Å². The molecule has 0 aliphatic carbocycles. The predicted octanol–water partition coefficient (Wildman–Crippen LogP) is 2.27. The van der Waals surface area contributed by atoms with E-state index >= 15 is 0 Å². The Morgan fingerprint density at radius 2 is 1.97 bits per heavy atom. The molecule has 12 heteroatoms. The van der Waals surface area contributed by atoms with E-state index < -0.39 is 15.8 Å². The number of aromatic amines is 1. The molecule has 0 saturated carbocycles. The highest BCUT2D eigenvalue weighted by Crippen LogP contribution is 2.32. The maximum Gasteiger partial charge on any atom is 0.256 e. The number of amides is 1. The van der Waals surface area contributed by atoms with Crippen LogP contribution in [0.25, 0.3) is 0 Å². The molecule has 10 nitrogen and oxygen atoms in total. The minimum absolute atomic E-state index is 0.0191. The second-order valence-corrected chi connectivity index (χ2v) is 11.2. The molecule has 1 aromatic heterocycles. The molecule has 1 atom stereocenters. The molecule has 37 heavy (non-hydrogen) atoms. The highest BCUT2D eigenvalue weighted by atomic mass is 32.2. The average Bonchev–Trinajstić information content (AvgIpc) is 3.48. The van der Waals surface area contributed by atoms with E-state index in [0.717, 1.165) is 31.4 Å². The molecule has 2 aliphatic rings. The first kappa shape index (κ1) is 25.3. The monoisotopic (exact) mass is 528 g/mol. The van der Waals surface area contributed by atoms with Crippen molar-refractivity contribution in [2.75, 3.05) is 50.6 Å². The van der Waals surface area contributed by atoms with Crippen LogP contribution in [-0.4, -0.2) is 80.2 Å². The van der Waals surface area contributed by atoms with E-state index in [1.54, 1.807) is 19.2 Å². The Labute approximate surface area is 215 Å². The summed E-state index contributed by atoms with van der Waals surface area (Å²) in [4.78, 5) is 17.4. The third-order valence-corrected chi connectivity index (χ3v) is 8.71. The molecule has 2 aromatic carbocycles. The van der Waals surface area contributed by atoms with Gasteiger partial charge in [0.1, 0.15) is 5.82 Å². The Bertz CT molecular complexity index is 1390. The van der Waals surface area contributed by atoms with Gasteiger partial charge in [-0.3, -0.25) is 14.8 Å². The van der Waals surface area contributed by atoms with Crippen molar-refractivity contribution in [3.63, 3.8) is 0 Å². The maximum absolute atomic E-state index is 13.6. The average molecular weight is 529 g/mol. The lowest BCUT2D eigenvalue weighted by Gasteiger charge is -2.40. The summed E-state index contributed by atoms with van der Waals surface area (Å²) >= 11 is 0. The van der Waals surface area contributed by atoms with E-state index in [9.17, 15) is 17.6 Å². The summed E-state index contributed by atoms with van der Waals surface area (Å²) in [6, 6.07) is 12.6. The standard InChI is InChI=1S/C25H29FN6O4S/c1-30-10-11-31(13-20(30)16-36-2)19-8-6-17(7-9-19)25(33)27-24-22-14-32(15-23(22)28-29-24)37(34,35)21-5-3-4-18(26)12-21/h3-9,12,20H,10-11,13-16H2,1-2H3,(H2,27,28,29,33). The summed E-state index contributed by atoms with van der Waals surface area (Å²) in [6.45, 7) is 3.38. The molecule has 1 saturated heterocycles. The number of benzene rings is 2. The third-order valence-electron chi connectivity index (χ3n) is 6.92. The van der Waals surface area contributed by atoms with Crippen LogP contribution in [0.15, 0.2) is 53.4 Å². The summed E-state index contributed by atoms with van der Waals surface area (Å²) in [5.74, 6) is -0.688. The first-order chi connectivity index (χ1) is 17.8. The zero-order valence-electron chi connectivity index (χ0n) is 20.6. The largest absolute Gasteiger partial charge is 0.383 e. The number of anilines is 2. The van der Waals surface area contributed by atoms with Crippen molar-refractivity contribution in [2.45, 2.75) is 24.0 Å². The minimum atomic E-state index is -3.91. The summed E-state index contributed by atoms with van der Waals surface area (Å²) in [7, 11) is -0.108. The van der Waals surface area contributed by atoms with Gasteiger partial charge in [-0.25, -0.2) is 12.8 Å². The molecular formula is C25H29FN6O4S. The molecule has 196 valence electrons. The minimum Gasteiger partial charge on any atom is -0.383 e. The number of fused-ring (bicyclic) bond motifs is 1. The molecule has 0 bridgehead atoms. The van der Waals surface area contributed by atoms with Gasteiger partial charge in [0.25, 0.3) is 5.91 Å². The highest BCUT2D eigenvalue weighted by molar-refractivity contribution is 7.89. The molecule has 2 N–H and O–H groups in total. The maximum atomic E-state index is 13.6. The number of methoxy groups -OCH3 is 1. The van der Waals surface area contributed by atoms with Gasteiger partial charge in [0.05, 0.1) is 29.8 Å². The van der Waals surface area contributed by atoms with Gasteiger partial charge in [0.2, 0.25) is 10.0 Å². The molecule has 1 amide bonds. The lowest BCUT2D eigenvalue weighted by Crippen LogP contribution is -2.53. The van der Waals surface area contributed by atoms with Crippen LogP contribution >= 0.6 is 0 Å². The summed E-state index contributed by atoms with van der Waals surface area (Å²) in [6.07, 6.45) is 0. The zero-order chi connectivity index (χ0) is 26.2. The molecule has 3 aromatic rings. The van der Waals surface area contributed by atoms with E-state index in [2.05, 4.69) is 32.4 Å². The molecule has 1 unspecified atom stereocenters. The molecule has 0 spiro atoms. The summed E-state index contributed by atoms with van der Waals surface area (Å²) in [5, 5.41) is 9.77. The highest BCUT2D eigenvalue weighted by Gasteiger charge is 2.34. The first-order valence-corrected chi connectivity index (χ1v) is 13.4. The molecule has 3 heterocycles. The molecular weight excluding hydrogens is 499 g/mol. The summed E-state index contributed by atoms with van der Waals surface area (Å²) < 4.78 is 46.1. The Morgan fingerprint density at radius 3 is 2.70 bits per heavy atom. The van der Waals surface area contributed by atoms with Crippen molar-refractivity contribution in [1.82, 2.24) is 19.4 Å². The number of piperazine rings is 1. The van der Waals surface area contributed by atoms with Crippen molar-refractivity contribution in [3.8, 4) is 0 Å². The van der Waals surface area contributed by atoms with Crippen LogP contribution in [0.5, 0.6) is 0 Å². The van der Waals surface area contributed by atoms with E-state index in [0.29, 0.717) is 29.5 Å². The van der Waals surface area contributed by atoms with Crippen molar-refractivity contribution in [1.29, 1.82) is 0 Å². The van der Waals surface area contributed by atoms with Gasteiger partial charge in [0.15, 0.2) is 5.82 Å². The van der Waals surface area contributed by atoms with Gasteiger partial charge < -0.3 is 15.0 Å². The fraction of sp³-hybridized carbons (Fsp3) is 0.360. The second kappa shape index (κ2) is 10.2. The fourth-order valence-corrected chi connectivity index (χ4v) is 6.13. The number of carbonyl (C=O) groups is 1. The lowest BCUT2D eigenvalue weighted by molar-refractivity contribution is 0.0987. The van der Waals surface area contributed by atoms with Crippen molar-refractivity contribution in [3.05, 3.63) is 71.2 Å². The first-order valence-electron chi connectivity index (χ1n) is 11.9. The number of H-pyrrole nitrogens is 1. The van der Waals surface area contributed by atoms with Crippen molar-refractivity contribution >= 4 is 27.4 Å². The van der Waals surface area contributed by atoms with Gasteiger partial charge in [-0.2, -0.15) is 9.40 Å². The van der Waals surface area contributed by atoms with Gasteiger partial charge in [-0.05, 0) is 49.5 Å². The number of hydrogen-bond donors (Lipinski definition) is 2. The fourth-order valence-electron chi connectivity index (χ4n) is 4.72. The van der Waals surface area contributed by atoms with Crippen LogP contribution < -0.4 is 10.2 Å². The molecule has 1 fully saturated rings. The quantitative estimate of drug-likeness (QED) is 0.484. The zero-order valence-corrected chi connectivity index (χ0v) is 21.5. The number of likely N-dealkylation sites (N-methyl/N-ethyl adjacent to an activating group) is 1. The van der Waals surface area contributed by atoms with Crippen LogP contribution in [0.1, 0.15) is 21.6 Å². The molecule has 2 aliphatic heterocycles. The number of nitrogens with one attached hydrogen (secondary N) is 2. The van der Waals surface area contributed by atoms with Crippen molar-refractivity contribution < 1.29 is 22.3 Å². The number of halogens is 1. The lowest BCUT2D eigenvalue weighted by atomic mass is 10.1. The van der Waals surface area contributed by atoms with Crippen LogP contribution in [0.2, 0.25) is 0 Å². The van der Waals surface area contributed by atoms with Gasteiger partial charge in [-0.1, -0.05) is 6.07 Å². The van der Waals surface area contributed by atoms with E-state index in [4.69, 9.17) is 4.74 Å². The number of ether oxygens (including phenoxy) is 1. The van der Waals surface area contributed by atoms with Crippen LogP contribution in [-0.2, 0) is 27.8 Å². The Morgan fingerprint density at radius 1 is 1.19 bits per heavy atom. The van der Waals surface area contributed by atoms with Crippen LogP contribution in [0.3, 0.4) is 0 Å².